The SMILES string of the molecule is C#CCC(CC)Nc1cccc(C(F)(F)F)n1. The van der Waals surface area contributed by atoms with Gasteiger partial charge in [-0.1, -0.05) is 13.0 Å². The highest BCUT2D eigenvalue weighted by atomic mass is 19.4. The van der Waals surface area contributed by atoms with Crippen molar-refractivity contribution in [2.45, 2.75) is 32.0 Å². The average Bonchev–Trinajstić information content (AvgIpc) is 2.28. The fourth-order valence-corrected chi connectivity index (χ4v) is 1.32. The molecular formula is C12H13F3N2. The van der Waals surface area contributed by atoms with E-state index in [1.165, 1.54) is 12.1 Å². The number of anilines is 1. The molecule has 0 aliphatic rings. The summed E-state index contributed by atoms with van der Waals surface area (Å²) in [6.45, 7) is 1.91. The van der Waals surface area contributed by atoms with Crippen LogP contribution in [0, 0.1) is 12.3 Å². The third-order valence-corrected chi connectivity index (χ3v) is 2.25. The molecule has 1 atom stereocenters. The molecule has 1 unspecified atom stereocenters. The first-order valence-electron chi connectivity index (χ1n) is 5.21. The van der Waals surface area contributed by atoms with Gasteiger partial charge in [0.25, 0.3) is 0 Å². The maximum Gasteiger partial charge on any atom is 0.433 e. The Morgan fingerprint density at radius 1 is 1.47 bits per heavy atom. The van der Waals surface area contributed by atoms with Crippen LogP contribution in [0.2, 0.25) is 0 Å². The fourth-order valence-electron chi connectivity index (χ4n) is 1.32. The molecule has 0 spiro atoms. The number of halogens is 3. The van der Waals surface area contributed by atoms with Gasteiger partial charge in [0.05, 0.1) is 0 Å². The third kappa shape index (κ3) is 3.99. The Balaban J connectivity index is 2.82. The molecule has 0 aliphatic carbocycles. The molecule has 0 bridgehead atoms. The zero-order valence-electron chi connectivity index (χ0n) is 9.38. The molecule has 0 radical (unpaired) electrons. The largest absolute Gasteiger partial charge is 0.433 e. The summed E-state index contributed by atoms with van der Waals surface area (Å²) < 4.78 is 37.2. The van der Waals surface area contributed by atoms with Gasteiger partial charge in [0.1, 0.15) is 11.5 Å². The van der Waals surface area contributed by atoms with Crippen molar-refractivity contribution < 1.29 is 13.2 Å². The Morgan fingerprint density at radius 2 is 2.18 bits per heavy atom. The normalized spacial score (nSPS) is 12.9. The van der Waals surface area contributed by atoms with E-state index in [1.54, 1.807) is 0 Å². The molecule has 5 heteroatoms. The van der Waals surface area contributed by atoms with Crippen molar-refractivity contribution >= 4 is 5.82 Å². The predicted molar refractivity (Wildman–Crippen MR) is 60.4 cm³/mol. The van der Waals surface area contributed by atoms with E-state index < -0.39 is 11.9 Å². The van der Waals surface area contributed by atoms with Gasteiger partial charge in [-0.2, -0.15) is 13.2 Å². The lowest BCUT2D eigenvalue weighted by Gasteiger charge is -2.15. The van der Waals surface area contributed by atoms with Crippen LogP contribution in [0.25, 0.3) is 0 Å². The quantitative estimate of drug-likeness (QED) is 0.819. The Bertz CT molecular complexity index is 407. The molecule has 1 rings (SSSR count). The van der Waals surface area contributed by atoms with Crippen LogP contribution >= 0.6 is 0 Å². The van der Waals surface area contributed by atoms with Gasteiger partial charge in [0.2, 0.25) is 0 Å². The Morgan fingerprint density at radius 3 is 2.71 bits per heavy atom. The smallest absolute Gasteiger partial charge is 0.366 e. The number of alkyl halides is 3. The zero-order valence-corrected chi connectivity index (χ0v) is 9.38. The van der Waals surface area contributed by atoms with Crippen LogP contribution in [0.3, 0.4) is 0 Å². The summed E-state index contributed by atoms with van der Waals surface area (Å²) in [5.41, 5.74) is -0.905. The lowest BCUT2D eigenvalue weighted by atomic mass is 10.1. The van der Waals surface area contributed by atoms with E-state index in [4.69, 9.17) is 6.42 Å². The number of aromatic nitrogens is 1. The second kappa shape index (κ2) is 5.58. The third-order valence-electron chi connectivity index (χ3n) is 2.25. The summed E-state index contributed by atoms with van der Waals surface area (Å²) in [7, 11) is 0. The van der Waals surface area contributed by atoms with E-state index in [-0.39, 0.29) is 11.9 Å². The van der Waals surface area contributed by atoms with E-state index >= 15 is 0 Å². The monoisotopic (exact) mass is 242 g/mol. The van der Waals surface area contributed by atoms with Gasteiger partial charge >= 0.3 is 6.18 Å². The van der Waals surface area contributed by atoms with E-state index in [9.17, 15) is 13.2 Å². The molecule has 92 valence electrons. The number of terminal acetylenes is 1. The molecule has 0 aromatic carbocycles. The highest BCUT2D eigenvalue weighted by Gasteiger charge is 2.32. The van der Waals surface area contributed by atoms with Crippen LogP contribution in [-0.4, -0.2) is 11.0 Å². The number of hydrogen-bond acceptors (Lipinski definition) is 2. The van der Waals surface area contributed by atoms with Gasteiger partial charge in [-0.25, -0.2) is 4.98 Å². The number of hydrogen-bond donors (Lipinski definition) is 1. The topological polar surface area (TPSA) is 24.9 Å². The molecule has 1 heterocycles. The first-order valence-corrected chi connectivity index (χ1v) is 5.21. The van der Waals surface area contributed by atoms with Crippen LogP contribution in [0.4, 0.5) is 19.0 Å². The summed E-state index contributed by atoms with van der Waals surface area (Å²) in [6, 6.07) is 3.69. The van der Waals surface area contributed by atoms with E-state index in [0.717, 1.165) is 12.5 Å². The Kier molecular flexibility index (Phi) is 4.38. The summed E-state index contributed by atoms with van der Waals surface area (Å²) in [6.07, 6.45) is 1.92. The van der Waals surface area contributed by atoms with Crippen molar-refractivity contribution in [2.75, 3.05) is 5.32 Å². The van der Waals surface area contributed by atoms with Crippen LogP contribution < -0.4 is 5.32 Å². The molecule has 0 saturated heterocycles. The lowest BCUT2D eigenvalue weighted by molar-refractivity contribution is -0.141. The van der Waals surface area contributed by atoms with Crippen LogP contribution in [-0.2, 0) is 6.18 Å². The summed E-state index contributed by atoms with van der Waals surface area (Å²) >= 11 is 0. The molecule has 2 nitrogen and oxygen atoms in total. The molecule has 0 amide bonds. The number of pyridine rings is 1. The Labute approximate surface area is 98.3 Å². The minimum absolute atomic E-state index is 0.0593. The van der Waals surface area contributed by atoms with E-state index in [2.05, 4.69) is 16.2 Å². The molecule has 0 saturated carbocycles. The summed E-state index contributed by atoms with van der Waals surface area (Å²) in [5.74, 6) is 2.67. The van der Waals surface area contributed by atoms with Crippen molar-refractivity contribution in [1.29, 1.82) is 0 Å². The second-order valence-corrected chi connectivity index (χ2v) is 3.56. The predicted octanol–water partition coefficient (Wildman–Crippen LogP) is 3.31. The molecule has 1 N–H and O–H groups in total. The van der Waals surface area contributed by atoms with Crippen molar-refractivity contribution in [3.63, 3.8) is 0 Å². The second-order valence-electron chi connectivity index (χ2n) is 3.56. The zero-order chi connectivity index (χ0) is 12.9. The fraction of sp³-hybridized carbons (Fsp3) is 0.417. The highest BCUT2D eigenvalue weighted by Crippen LogP contribution is 2.28. The van der Waals surface area contributed by atoms with E-state index in [1.807, 2.05) is 6.92 Å². The standard InChI is InChI=1S/C12H13F3N2/c1-3-6-9(4-2)16-11-8-5-7-10(17-11)12(13,14)15/h1,5,7-9H,4,6H2,2H3,(H,16,17). The van der Waals surface area contributed by atoms with Crippen molar-refractivity contribution in [2.24, 2.45) is 0 Å². The van der Waals surface area contributed by atoms with Gasteiger partial charge in [-0.15, -0.1) is 12.3 Å². The van der Waals surface area contributed by atoms with Crippen molar-refractivity contribution in [1.82, 2.24) is 4.98 Å². The van der Waals surface area contributed by atoms with Gasteiger partial charge in [0, 0.05) is 12.5 Å². The minimum atomic E-state index is -4.43. The lowest BCUT2D eigenvalue weighted by Crippen LogP contribution is -2.19. The first-order chi connectivity index (χ1) is 7.97. The molecule has 17 heavy (non-hydrogen) atoms. The summed E-state index contributed by atoms with van der Waals surface area (Å²) in [4.78, 5) is 3.51. The number of nitrogens with one attached hydrogen (secondary N) is 1. The minimum Gasteiger partial charge on any atom is -0.366 e. The van der Waals surface area contributed by atoms with Crippen LogP contribution in [0.1, 0.15) is 25.5 Å². The molecule has 1 aromatic rings. The van der Waals surface area contributed by atoms with Crippen molar-refractivity contribution in [3.8, 4) is 12.3 Å². The van der Waals surface area contributed by atoms with Crippen molar-refractivity contribution in [3.05, 3.63) is 23.9 Å². The maximum atomic E-state index is 12.4. The maximum absolute atomic E-state index is 12.4. The van der Waals surface area contributed by atoms with Crippen LogP contribution in [0.5, 0.6) is 0 Å². The van der Waals surface area contributed by atoms with E-state index in [0.29, 0.717) is 6.42 Å². The molecule has 0 aliphatic heterocycles. The number of rotatable bonds is 4. The molecule has 0 fully saturated rings. The van der Waals surface area contributed by atoms with Gasteiger partial charge in [0.15, 0.2) is 0 Å². The number of nitrogens with zero attached hydrogens (tertiary/aromatic N) is 1. The first kappa shape index (κ1) is 13.4. The summed E-state index contributed by atoms with van der Waals surface area (Å²) in [5, 5.41) is 2.89. The van der Waals surface area contributed by atoms with Crippen LogP contribution in [0.15, 0.2) is 18.2 Å². The van der Waals surface area contributed by atoms with Gasteiger partial charge in [-0.3, -0.25) is 0 Å². The highest BCUT2D eigenvalue weighted by molar-refractivity contribution is 5.37. The van der Waals surface area contributed by atoms with Gasteiger partial charge < -0.3 is 5.32 Å². The average molecular weight is 242 g/mol. The Hall–Kier alpha value is -1.70. The molecule has 1 aromatic heterocycles. The van der Waals surface area contributed by atoms with Gasteiger partial charge in [-0.05, 0) is 18.6 Å². The molecular weight excluding hydrogens is 229 g/mol.